The molecule has 5 nitrogen and oxygen atoms in total. The number of aromatic nitrogens is 1. The van der Waals surface area contributed by atoms with E-state index in [0.29, 0.717) is 12.5 Å². The van der Waals surface area contributed by atoms with Gasteiger partial charge in [0, 0.05) is 35.8 Å². The van der Waals surface area contributed by atoms with Crippen molar-refractivity contribution < 1.29 is 9.94 Å². The van der Waals surface area contributed by atoms with Gasteiger partial charge in [0.05, 0.1) is 6.61 Å². The normalized spacial score (nSPS) is 12.4. The number of nitrogens with two attached hydrogens (primary N) is 1. The Balaban J connectivity index is 1.99. The first-order valence-electron chi connectivity index (χ1n) is 7.26. The van der Waals surface area contributed by atoms with E-state index in [-0.39, 0.29) is 5.84 Å². The number of oxime groups is 1. The van der Waals surface area contributed by atoms with E-state index in [1.165, 1.54) is 0 Å². The molecule has 3 N–H and O–H groups in total. The standard InChI is InChI=1S/C16H23N3O2/c1-12(2)6-9-21-10-8-19-7-5-13-11-14(16(17)18-20)3-4-15(13)19/h3-5,7,11-12,20H,6,8-10H2,1-2H3,(H2,17,18). The lowest BCUT2D eigenvalue weighted by Gasteiger charge is -2.08. The van der Waals surface area contributed by atoms with E-state index >= 15 is 0 Å². The molecule has 0 atom stereocenters. The molecule has 5 heteroatoms. The number of benzene rings is 1. The Morgan fingerprint density at radius 1 is 1.33 bits per heavy atom. The van der Waals surface area contributed by atoms with Crippen LogP contribution in [0.5, 0.6) is 0 Å². The van der Waals surface area contributed by atoms with Gasteiger partial charge in [-0.05, 0) is 36.6 Å². The van der Waals surface area contributed by atoms with Crippen molar-refractivity contribution in [3.63, 3.8) is 0 Å². The molecular weight excluding hydrogens is 266 g/mol. The quantitative estimate of drug-likeness (QED) is 0.271. The maximum Gasteiger partial charge on any atom is 0.170 e. The third-order valence-electron chi connectivity index (χ3n) is 3.49. The summed E-state index contributed by atoms with van der Waals surface area (Å²) in [4.78, 5) is 0. The molecule has 114 valence electrons. The smallest absolute Gasteiger partial charge is 0.170 e. The maximum atomic E-state index is 8.71. The lowest BCUT2D eigenvalue weighted by Crippen LogP contribution is -2.12. The van der Waals surface area contributed by atoms with E-state index in [9.17, 15) is 0 Å². The molecule has 0 saturated carbocycles. The molecule has 1 aromatic heterocycles. The minimum Gasteiger partial charge on any atom is -0.409 e. The van der Waals surface area contributed by atoms with Crippen LogP contribution in [0.4, 0.5) is 0 Å². The fraction of sp³-hybridized carbons (Fsp3) is 0.438. The molecule has 0 saturated heterocycles. The highest BCUT2D eigenvalue weighted by molar-refractivity contribution is 6.00. The highest BCUT2D eigenvalue weighted by atomic mass is 16.5. The van der Waals surface area contributed by atoms with Gasteiger partial charge in [-0.3, -0.25) is 0 Å². The van der Waals surface area contributed by atoms with Gasteiger partial charge >= 0.3 is 0 Å². The Labute approximate surface area is 125 Å². The molecule has 0 aliphatic rings. The van der Waals surface area contributed by atoms with Crippen LogP contribution in [0, 0.1) is 5.92 Å². The van der Waals surface area contributed by atoms with Crippen LogP contribution in [-0.2, 0) is 11.3 Å². The van der Waals surface area contributed by atoms with Gasteiger partial charge in [-0.2, -0.15) is 0 Å². The molecule has 0 amide bonds. The zero-order chi connectivity index (χ0) is 15.2. The predicted octanol–water partition coefficient (Wildman–Crippen LogP) is 2.80. The van der Waals surface area contributed by atoms with E-state index in [0.717, 1.165) is 36.0 Å². The SMILES string of the molecule is CC(C)CCOCCn1ccc2cc(/C(N)=N/O)ccc21. The molecule has 0 unspecified atom stereocenters. The molecule has 2 aromatic rings. The number of amidine groups is 1. The van der Waals surface area contributed by atoms with Crippen molar-refractivity contribution in [3.05, 3.63) is 36.0 Å². The summed E-state index contributed by atoms with van der Waals surface area (Å²) in [6.07, 6.45) is 3.13. The van der Waals surface area contributed by atoms with Gasteiger partial charge in [0.2, 0.25) is 0 Å². The van der Waals surface area contributed by atoms with Gasteiger partial charge in [-0.15, -0.1) is 0 Å². The number of ether oxygens (including phenoxy) is 1. The zero-order valence-electron chi connectivity index (χ0n) is 12.6. The third kappa shape index (κ3) is 3.98. The number of hydrogen-bond acceptors (Lipinski definition) is 3. The van der Waals surface area contributed by atoms with Crippen LogP contribution >= 0.6 is 0 Å². The van der Waals surface area contributed by atoms with Crippen molar-refractivity contribution >= 4 is 16.7 Å². The summed E-state index contributed by atoms with van der Waals surface area (Å²) in [5.41, 5.74) is 7.44. The average molecular weight is 289 g/mol. The number of nitrogens with zero attached hydrogens (tertiary/aromatic N) is 2. The molecule has 0 spiro atoms. The lowest BCUT2D eigenvalue weighted by atomic mass is 10.1. The van der Waals surface area contributed by atoms with Crippen molar-refractivity contribution in [1.82, 2.24) is 4.57 Å². The Kier molecular flexibility index (Phi) is 5.22. The first-order chi connectivity index (χ1) is 10.1. The fourth-order valence-corrected chi connectivity index (χ4v) is 2.20. The fourth-order valence-electron chi connectivity index (χ4n) is 2.20. The summed E-state index contributed by atoms with van der Waals surface area (Å²) in [6, 6.07) is 7.78. The summed E-state index contributed by atoms with van der Waals surface area (Å²) in [5.74, 6) is 0.802. The van der Waals surface area contributed by atoms with Gasteiger partial charge in [-0.25, -0.2) is 0 Å². The predicted molar refractivity (Wildman–Crippen MR) is 84.7 cm³/mol. The monoisotopic (exact) mass is 289 g/mol. The molecule has 0 fully saturated rings. The Morgan fingerprint density at radius 2 is 2.14 bits per heavy atom. The second-order valence-corrected chi connectivity index (χ2v) is 5.56. The van der Waals surface area contributed by atoms with Crippen LogP contribution in [0.2, 0.25) is 0 Å². The van der Waals surface area contributed by atoms with E-state index in [1.54, 1.807) is 0 Å². The third-order valence-corrected chi connectivity index (χ3v) is 3.49. The van der Waals surface area contributed by atoms with Crippen molar-refractivity contribution in [2.45, 2.75) is 26.8 Å². The Morgan fingerprint density at radius 3 is 2.86 bits per heavy atom. The molecule has 0 radical (unpaired) electrons. The molecule has 1 aromatic carbocycles. The van der Waals surface area contributed by atoms with Crippen molar-refractivity contribution in [1.29, 1.82) is 0 Å². The van der Waals surface area contributed by atoms with E-state index in [1.807, 2.05) is 30.5 Å². The second-order valence-electron chi connectivity index (χ2n) is 5.56. The lowest BCUT2D eigenvalue weighted by molar-refractivity contribution is 0.117. The van der Waals surface area contributed by atoms with Gasteiger partial charge in [0.25, 0.3) is 0 Å². The Hall–Kier alpha value is -2.01. The summed E-state index contributed by atoms with van der Waals surface area (Å²) in [7, 11) is 0. The minimum absolute atomic E-state index is 0.127. The van der Waals surface area contributed by atoms with Crippen LogP contribution < -0.4 is 5.73 Å². The highest BCUT2D eigenvalue weighted by Gasteiger charge is 2.05. The molecule has 0 aliphatic heterocycles. The van der Waals surface area contributed by atoms with Crippen LogP contribution in [0.25, 0.3) is 10.9 Å². The van der Waals surface area contributed by atoms with E-state index in [2.05, 4.69) is 23.6 Å². The molecular formula is C16H23N3O2. The van der Waals surface area contributed by atoms with Gasteiger partial charge in [0.1, 0.15) is 0 Å². The summed E-state index contributed by atoms with van der Waals surface area (Å²) < 4.78 is 7.81. The topological polar surface area (TPSA) is 72.8 Å². The van der Waals surface area contributed by atoms with Crippen molar-refractivity contribution in [2.75, 3.05) is 13.2 Å². The average Bonchev–Trinajstić information content (AvgIpc) is 2.88. The summed E-state index contributed by atoms with van der Waals surface area (Å²) in [5, 5.41) is 12.8. The Bertz CT molecular complexity index is 617. The van der Waals surface area contributed by atoms with Gasteiger partial charge < -0.3 is 20.2 Å². The first kappa shape index (κ1) is 15.4. The summed E-state index contributed by atoms with van der Waals surface area (Å²) in [6.45, 7) is 6.73. The first-order valence-corrected chi connectivity index (χ1v) is 7.26. The van der Waals surface area contributed by atoms with Crippen LogP contribution in [0.3, 0.4) is 0 Å². The number of hydrogen-bond donors (Lipinski definition) is 2. The van der Waals surface area contributed by atoms with E-state index in [4.69, 9.17) is 15.7 Å². The van der Waals surface area contributed by atoms with Crippen molar-refractivity contribution in [3.8, 4) is 0 Å². The molecule has 0 aliphatic carbocycles. The largest absolute Gasteiger partial charge is 0.409 e. The number of fused-ring (bicyclic) bond motifs is 1. The minimum atomic E-state index is 0.127. The number of rotatable bonds is 7. The van der Waals surface area contributed by atoms with Crippen LogP contribution in [0.1, 0.15) is 25.8 Å². The van der Waals surface area contributed by atoms with Crippen molar-refractivity contribution in [2.24, 2.45) is 16.8 Å². The molecule has 1 heterocycles. The van der Waals surface area contributed by atoms with Crippen LogP contribution in [0.15, 0.2) is 35.6 Å². The maximum absolute atomic E-state index is 8.71. The van der Waals surface area contributed by atoms with Crippen LogP contribution in [-0.4, -0.2) is 28.8 Å². The van der Waals surface area contributed by atoms with Gasteiger partial charge in [-0.1, -0.05) is 19.0 Å². The molecule has 2 rings (SSSR count). The zero-order valence-corrected chi connectivity index (χ0v) is 12.6. The highest BCUT2D eigenvalue weighted by Crippen LogP contribution is 2.17. The van der Waals surface area contributed by atoms with E-state index < -0.39 is 0 Å². The molecule has 0 bridgehead atoms. The van der Waals surface area contributed by atoms with Gasteiger partial charge in [0.15, 0.2) is 5.84 Å². The second kappa shape index (κ2) is 7.13. The summed E-state index contributed by atoms with van der Waals surface area (Å²) >= 11 is 0. The molecule has 21 heavy (non-hydrogen) atoms.